The number of aryl methyl sites for hydroxylation is 3. The lowest BCUT2D eigenvalue weighted by Crippen LogP contribution is -2.14. The maximum atomic E-state index is 12.1. The number of ether oxygens (including phenoxy) is 1. The fraction of sp³-hybridized carbons (Fsp3) is 0.680. The molecular formula is C25H40O6. The summed E-state index contributed by atoms with van der Waals surface area (Å²) in [6, 6.07) is 3.74. The molecule has 0 N–H and O–H groups in total. The molecule has 1 aromatic carbocycles. The summed E-state index contributed by atoms with van der Waals surface area (Å²) in [4.78, 5) is 32.5. The highest BCUT2D eigenvalue weighted by molar-refractivity contribution is 5.92. The fourth-order valence-corrected chi connectivity index (χ4v) is 3.74. The summed E-state index contributed by atoms with van der Waals surface area (Å²) in [6.45, 7) is 8.05. The van der Waals surface area contributed by atoms with Crippen LogP contribution < -0.4 is 0 Å². The second kappa shape index (κ2) is 16.6. The number of hydrogen-bond acceptors (Lipinski definition) is 6. The number of carbonyl (C=O) groups excluding carboxylic acids is 2. The van der Waals surface area contributed by atoms with Crippen LogP contribution in [-0.4, -0.2) is 18.7 Å². The van der Waals surface area contributed by atoms with Crippen LogP contribution in [0.15, 0.2) is 12.1 Å². The molecule has 1 rings (SSSR count). The van der Waals surface area contributed by atoms with Crippen molar-refractivity contribution in [1.82, 2.24) is 0 Å². The Balaban J connectivity index is 1.99. The molecule has 0 fully saturated rings. The van der Waals surface area contributed by atoms with Crippen molar-refractivity contribution < 1.29 is 29.1 Å². The minimum absolute atomic E-state index is 0.254. The van der Waals surface area contributed by atoms with Crippen LogP contribution in [0.3, 0.4) is 0 Å². The van der Waals surface area contributed by atoms with Gasteiger partial charge in [-0.25, -0.2) is 14.5 Å². The van der Waals surface area contributed by atoms with Gasteiger partial charge in [-0.05, 0) is 38.3 Å². The van der Waals surface area contributed by atoms with Gasteiger partial charge >= 0.3 is 12.1 Å². The van der Waals surface area contributed by atoms with Gasteiger partial charge in [-0.3, -0.25) is 4.89 Å². The second-order valence-electron chi connectivity index (χ2n) is 8.28. The van der Waals surface area contributed by atoms with Crippen LogP contribution in [-0.2, 0) is 19.6 Å². The van der Waals surface area contributed by atoms with Crippen molar-refractivity contribution in [3.05, 3.63) is 34.4 Å². The van der Waals surface area contributed by atoms with Gasteiger partial charge in [0.05, 0.1) is 17.2 Å². The van der Waals surface area contributed by atoms with Crippen LogP contribution in [0.5, 0.6) is 0 Å². The molecule has 0 aliphatic heterocycles. The Morgan fingerprint density at radius 1 is 0.710 bits per heavy atom. The van der Waals surface area contributed by atoms with Gasteiger partial charge in [0.1, 0.15) is 0 Å². The molecule has 0 aliphatic rings. The van der Waals surface area contributed by atoms with E-state index in [2.05, 4.69) is 21.7 Å². The molecule has 0 saturated carbocycles. The first kappa shape index (κ1) is 27.0. The number of carbonyl (C=O) groups is 2. The second-order valence-corrected chi connectivity index (χ2v) is 8.28. The zero-order chi connectivity index (χ0) is 22.9. The highest BCUT2D eigenvalue weighted by Gasteiger charge is 2.17. The van der Waals surface area contributed by atoms with Crippen LogP contribution in [0.25, 0.3) is 0 Å². The monoisotopic (exact) mass is 436 g/mol. The van der Waals surface area contributed by atoms with Crippen LogP contribution in [0.1, 0.15) is 111 Å². The Morgan fingerprint density at radius 2 is 1.19 bits per heavy atom. The lowest BCUT2D eigenvalue weighted by molar-refractivity contribution is -0.452. The van der Waals surface area contributed by atoms with Gasteiger partial charge in [0.15, 0.2) is 0 Å². The van der Waals surface area contributed by atoms with Crippen molar-refractivity contribution >= 4 is 12.1 Å². The summed E-state index contributed by atoms with van der Waals surface area (Å²) in [6.07, 6.45) is 13.8. The number of benzene rings is 1. The third kappa shape index (κ3) is 12.4. The Kier molecular flexibility index (Phi) is 14.4. The van der Waals surface area contributed by atoms with E-state index in [9.17, 15) is 9.59 Å². The van der Waals surface area contributed by atoms with Crippen LogP contribution >= 0.6 is 0 Å². The highest BCUT2D eigenvalue weighted by atomic mass is 17.5. The molecule has 0 unspecified atom stereocenters. The standard InChI is InChI=1S/C25H40O6/c1-5-6-7-8-9-10-11-12-13-14-15-16-17-28-25(27)30-31-29-24(26)23-21(3)18-20(2)19-22(23)4/h18-19H,5-17H2,1-4H3. The van der Waals surface area contributed by atoms with Gasteiger partial charge in [0.2, 0.25) is 0 Å². The van der Waals surface area contributed by atoms with Gasteiger partial charge in [0.25, 0.3) is 0 Å². The average molecular weight is 437 g/mol. The molecule has 0 spiro atoms. The van der Waals surface area contributed by atoms with E-state index >= 15 is 0 Å². The minimum Gasteiger partial charge on any atom is -0.432 e. The van der Waals surface area contributed by atoms with E-state index < -0.39 is 12.1 Å². The summed E-state index contributed by atoms with van der Waals surface area (Å²) in [5.41, 5.74) is 2.96. The van der Waals surface area contributed by atoms with Crippen molar-refractivity contribution in [3.8, 4) is 0 Å². The lowest BCUT2D eigenvalue weighted by Gasteiger charge is -2.09. The van der Waals surface area contributed by atoms with E-state index in [1.165, 1.54) is 57.8 Å². The Bertz CT molecular complexity index is 632. The largest absolute Gasteiger partial charge is 0.543 e. The highest BCUT2D eigenvalue weighted by Crippen LogP contribution is 2.17. The molecule has 0 radical (unpaired) electrons. The topological polar surface area (TPSA) is 71.1 Å². The van der Waals surface area contributed by atoms with E-state index in [1.54, 1.807) is 13.8 Å². The summed E-state index contributed by atoms with van der Waals surface area (Å²) in [7, 11) is 0. The Morgan fingerprint density at radius 3 is 1.71 bits per heavy atom. The van der Waals surface area contributed by atoms with E-state index in [0.717, 1.165) is 36.0 Å². The first-order chi connectivity index (χ1) is 15.0. The van der Waals surface area contributed by atoms with Crippen molar-refractivity contribution in [2.75, 3.05) is 6.61 Å². The molecule has 6 nitrogen and oxygen atoms in total. The van der Waals surface area contributed by atoms with E-state index in [4.69, 9.17) is 4.74 Å². The number of hydrogen-bond donors (Lipinski definition) is 0. The predicted molar refractivity (Wildman–Crippen MR) is 121 cm³/mol. The average Bonchev–Trinajstić information content (AvgIpc) is 2.70. The first-order valence-corrected chi connectivity index (χ1v) is 11.8. The van der Waals surface area contributed by atoms with E-state index in [-0.39, 0.29) is 6.61 Å². The van der Waals surface area contributed by atoms with Gasteiger partial charge in [-0.1, -0.05) is 95.2 Å². The maximum Gasteiger partial charge on any atom is 0.543 e. The number of unbranched alkanes of at least 4 members (excludes halogenated alkanes) is 11. The molecule has 0 amide bonds. The molecule has 0 atom stereocenters. The first-order valence-electron chi connectivity index (χ1n) is 11.8. The quantitative estimate of drug-likeness (QED) is 0.116. The molecule has 0 saturated heterocycles. The van der Waals surface area contributed by atoms with Crippen molar-refractivity contribution in [2.45, 2.75) is 105 Å². The third-order valence-electron chi connectivity index (χ3n) is 5.31. The van der Waals surface area contributed by atoms with Crippen molar-refractivity contribution in [1.29, 1.82) is 0 Å². The van der Waals surface area contributed by atoms with Crippen LogP contribution in [0.2, 0.25) is 0 Å². The molecule has 0 aliphatic carbocycles. The molecule has 0 heterocycles. The summed E-state index contributed by atoms with van der Waals surface area (Å²) in [5, 5.41) is 4.29. The molecule has 6 heteroatoms. The van der Waals surface area contributed by atoms with Gasteiger partial charge < -0.3 is 4.74 Å². The Labute approximate surface area is 187 Å². The van der Waals surface area contributed by atoms with E-state index in [1.807, 2.05) is 19.1 Å². The molecule has 1 aromatic rings. The van der Waals surface area contributed by atoms with Crippen molar-refractivity contribution in [3.63, 3.8) is 0 Å². The smallest absolute Gasteiger partial charge is 0.432 e. The minimum atomic E-state index is -1.02. The molecule has 31 heavy (non-hydrogen) atoms. The third-order valence-corrected chi connectivity index (χ3v) is 5.31. The SMILES string of the molecule is CCCCCCCCCCCCCCOC(=O)OOOC(=O)c1c(C)cc(C)cc1C. The fourth-order valence-electron chi connectivity index (χ4n) is 3.74. The molecule has 0 bridgehead atoms. The summed E-state index contributed by atoms with van der Waals surface area (Å²) < 4.78 is 4.91. The predicted octanol–water partition coefficient (Wildman–Crippen LogP) is 7.47. The Hall–Kier alpha value is -2.08. The van der Waals surface area contributed by atoms with Gasteiger partial charge in [-0.2, -0.15) is 0 Å². The van der Waals surface area contributed by atoms with Crippen molar-refractivity contribution in [2.24, 2.45) is 0 Å². The molecular weight excluding hydrogens is 396 g/mol. The molecule has 176 valence electrons. The van der Waals surface area contributed by atoms with Crippen LogP contribution in [0.4, 0.5) is 4.79 Å². The zero-order valence-electron chi connectivity index (χ0n) is 19.8. The summed E-state index contributed by atoms with van der Waals surface area (Å²) in [5.74, 6) is -0.719. The number of rotatable bonds is 16. The normalized spacial score (nSPS) is 10.7. The lowest BCUT2D eigenvalue weighted by atomic mass is 10.0. The summed E-state index contributed by atoms with van der Waals surface area (Å²) >= 11 is 0. The zero-order valence-corrected chi connectivity index (χ0v) is 19.8. The van der Waals surface area contributed by atoms with Gasteiger partial charge in [-0.15, -0.1) is 0 Å². The van der Waals surface area contributed by atoms with E-state index in [0.29, 0.717) is 5.56 Å². The molecule has 0 aromatic heterocycles. The van der Waals surface area contributed by atoms with Crippen LogP contribution in [0, 0.1) is 20.8 Å². The maximum absolute atomic E-state index is 12.1. The van der Waals surface area contributed by atoms with Gasteiger partial charge in [0, 0.05) is 0 Å².